The Morgan fingerprint density at radius 1 is 1.21 bits per heavy atom. The lowest BCUT2D eigenvalue weighted by atomic mass is 9.89. The Kier molecular flexibility index (Phi) is 4.52. The number of aryl methyl sites for hydroxylation is 1. The highest BCUT2D eigenvalue weighted by Gasteiger charge is 2.50. The summed E-state index contributed by atoms with van der Waals surface area (Å²) >= 11 is 0. The monoisotopic (exact) mass is 386 g/mol. The van der Waals surface area contributed by atoms with Crippen LogP contribution in [-0.2, 0) is 0 Å². The Balaban J connectivity index is 1.63. The molecule has 0 radical (unpaired) electrons. The second-order valence-corrected chi connectivity index (χ2v) is 7.72. The van der Waals surface area contributed by atoms with E-state index in [1.165, 1.54) is 17.0 Å². The number of hydrogen-bond donors (Lipinski definition) is 1. The number of carbonyl (C=O) groups excluding carboxylic acids is 2. The first-order chi connectivity index (χ1) is 13.4. The number of likely N-dealkylation sites (tertiary alicyclic amines) is 2. The van der Waals surface area contributed by atoms with Gasteiger partial charge in [0.15, 0.2) is 5.69 Å². The molecule has 1 aromatic carbocycles. The van der Waals surface area contributed by atoms with Gasteiger partial charge >= 0.3 is 6.03 Å². The normalized spacial score (nSPS) is 23.8. The molecule has 2 fully saturated rings. The number of fused-ring (bicyclic) bond motifs is 1. The molecule has 0 aliphatic carbocycles. The number of urea groups is 1. The lowest BCUT2D eigenvalue weighted by Gasteiger charge is -2.31. The lowest BCUT2D eigenvalue weighted by Crippen LogP contribution is -2.42. The molecule has 3 atom stereocenters. The van der Waals surface area contributed by atoms with Crippen molar-refractivity contribution in [1.82, 2.24) is 30.1 Å². The molecule has 9 heteroatoms. The molecule has 1 N–H and O–H groups in total. The molecule has 0 bridgehead atoms. The van der Waals surface area contributed by atoms with Crippen LogP contribution in [0.1, 0.15) is 27.8 Å². The van der Waals surface area contributed by atoms with Crippen molar-refractivity contribution in [3.8, 4) is 0 Å². The Morgan fingerprint density at radius 2 is 2.00 bits per heavy atom. The Bertz CT molecular complexity index is 913. The number of halogens is 1. The third-order valence-electron chi connectivity index (χ3n) is 5.69. The number of aromatic nitrogens is 3. The number of H-pyrrole nitrogens is 1. The quantitative estimate of drug-likeness (QED) is 0.851. The third kappa shape index (κ3) is 3.00. The van der Waals surface area contributed by atoms with E-state index in [0.29, 0.717) is 31.0 Å². The number of rotatable bonds is 2. The van der Waals surface area contributed by atoms with E-state index in [0.717, 1.165) is 5.56 Å². The second kappa shape index (κ2) is 6.88. The van der Waals surface area contributed by atoms with Crippen LogP contribution in [0.2, 0.25) is 0 Å². The molecule has 0 unspecified atom stereocenters. The number of aromatic amines is 1. The summed E-state index contributed by atoms with van der Waals surface area (Å²) in [5.74, 6) is -0.318. The van der Waals surface area contributed by atoms with Crippen molar-refractivity contribution in [2.45, 2.75) is 13.0 Å². The molecule has 4 rings (SSSR count). The van der Waals surface area contributed by atoms with E-state index in [1.54, 1.807) is 36.9 Å². The zero-order chi connectivity index (χ0) is 20.0. The van der Waals surface area contributed by atoms with Crippen molar-refractivity contribution in [2.75, 3.05) is 33.7 Å². The predicted molar refractivity (Wildman–Crippen MR) is 98.9 cm³/mol. The van der Waals surface area contributed by atoms with E-state index < -0.39 is 0 Å². The zero-order valence-electron chi connectivity index (χ0n) is 16.1. The maximum Gasteiger partial charge on any atom is 0.320 e. The molecule has 3 heterocycles. The number of nitrogens with zero attached hydrogens (tertiary/aromatic N) is 5. The summed E-state index contributed by atoms with van der Waals surface area (Å²) in [6.45, 7) is 3.30. The van der Waals surface area contributed by atoms with Crippen LogP contribution in [0.4, 0.5) is 9.18 Å². The van der Waals surface area contributed by atoms with Gasteiger partial charge in [-0.3, -0.25) is 4.79 Å². The predicted octanol–water partition coefficient (Wildman–Crippen LogP) is 1.68. The number of nitrogens with one attached hydrogen (secondary N) is 1. The van der Waals surface area contributed by atoms with Crippen molar-refractivity contribution in [2.24, 2.45) is 11.8 Å². The number of benzene rings is 1. The van der Waals surface area contributed by atoms with Crippen LogP contribution in [0, 0.1) is 24.6 Å². The zero-order valence-corrected chi connectivity index (χ0v) is 16.1. The van der Waals surface area contributed by atoms with Crippen LogP contribution < -0.4 is 0 Å². The molecule has 148 valence electrons. The van der Waals surface area contributed by atoms with Crippen molar-refractivity contribution < 1.29 is 14.0 Å². The number of amides is 3. The lowest BCUT2D eigenvalue weighted by molar-refractivity contribution is 0.0760. The van der Waals surface area contributed by atoms with E-state index in [9.17, 15) is 14.0 Å². The van der Waals surface area contributed by atoms with Crippen molar-refractivity contribution >= 4 is 11.9 Å². The minimum absolute atomic E-state index is 0.0434. The van der Waals surface area contributed by atoms with E-state index in [-0.39, 0.29) is 35.6 Å². The first kappa shape index (κ1) is 18.4. The smallest absolute Gasteiger partial charge is 0.320 e. The van der Waals surface area contributed by atoms with E-state index in [2.05, 4.69) is 15.4 Å². The van der Waals surface area contributed by atoms with Crippen LogP contribution >= 0.6 is 0 Å². The van der Waals surface area contributed by atoms with Gasteiger partial charge in [-0.2, -0.15) is 15.4 Å². The van der Waals surface area contributed by atoms with Gasteiger partial charge < -0.3 is 14.7 Å². The maximum atomic E-state index is 13.9. The average molecular weight is 386 g/mol. The SMILES string of the molecule is Cc1n[nH]nc1C(=O)N1C[C@@H]2CN(C(=O)N(C)C)[C@@H](c3cccc(F)c3)[C@@H]2C1. The van der Waals surface area contributed by atoms with Crippen molar-refractivity contribution in [3.63, 3.8) is 0 Å². The van der Waals surface area contributed by atoms with Crippen LogP contribution in [0.3, 0.4) is 0 Å². The Morgan fingerprint density at radius 3 is 2.64 bits per heavy atom. The van der Waals surface area contributed by atoms with Gasteiger partial charge in [0, 0.05) is 45.6 Å². The summed E-state index contributed by atoms with van der Waals surface area (Å²) in [6, 6.07) is 6.01. The standard InChI is InChI=1S/C19H23FN6O2/c1-11-16(22-23-21-11)18(27)25-8-13-9-26(19(28)24(2)3)17(15(13)10-25)12-5-4-6-14(20)7-12/h4-7,13,15,17H,8-10H2,1-3H3,(H,21,22,23)/t13-,15-,17+/m1/s1. The first-order valence-electron chi connectivity index (χ1n) is 9.27. The molecule has 3 amide bonds. The summed E-state index contributed by atoms with van der Waals surface area (Å²) in [5, 5.41) is 10.4. The van der Waals surface area contributed by atoms with E-state index >= 15 is 0 Å². The molecule has 28 heavy (non-hydrogen) atoms. The molecule has 2 aliphatic rings. The highest BCUT2D eigenvalue weighted by atomic mass is 19.1. The fourth-order valence-electron chi connectivity index (χ4n) is 4.42. The molecule has 2 aliphatic heterocycles. The van der Waals surface area contributed by atoms with Gasteiger partial charge in [-0.15, -0.1) is 0 Å². The average Bonchev–Trinajstić information content (AvgIpc) is 3.33. The van der Waals surface area contributed by atoms with E-state index in [1.807, 2.05) is 6.07 Å². The van der Waals surface area contributed by atoms with Crippen LogP contribution in [-0.4, -0.2) is 75.8 Å². The van der Waals surface area contributed by atoms with Crippen LogP contribution in [0.25, 0.3) is 0 Å². The molecule has 2 aromatic rings. The van der Waals surface area contributed by atoms with Gasteiger partial charge in [0.2, 0.25) is 0 Å². The van der Waals surface area contributed by atoms with Crippen molar-refractivity contribution in [1.29, 1.82) is 0 Å². The highest BCUT2D eigenvalue weighted by Crippen LogP contribution is 2.45. The fourth-order valence-corrected chi connectivity index (χ4v) is 4.42. The Labute approximate surface area is 162 Å². The third-order valence-corrected chi connectivity index (χ3v) is 5.69. The summed E-state index contributed by atoms with van der Waals surface area (Å²) in [7, 11) is 3.42. The summed E-state index contributed by atoms with van der Waals surface area (Å²) in [6.07, 6.45) is 0. The largest absolute Gasteiger partial charge is 0.336 e. The molecule has 8 nitrogen and oxygen atoms in total. The molecule has 0 spiro atoms. The topological polar surface area (TPSA) is 85.4 Å². The number of carbonyl (C=O) groups is 2. The first-order valence-corrected chi connectivity index (χ1v) is 9.27. The molecule has 1 aromatic heterocycles. The molecule has 0 saturated carbocycles. The van der Waals surface area contributed by atoms with Gasteiger partial charge in [-0.1, -0.05) is 12.1 Å². The number of hydrogen-bond acceptors (Lipinski definition) is 4. The molecule has 2 saturated heterocycles. The minimum Gasteiger partial charge on any atom is -0.336 e. The molecular formula is C19H23FN6O2. The van der Waals surface area contributed by atoms with Gasteiger partial charge in [-0.05, 0) is 24.6 Å². The van der Waals surface area contributed by atoms with Crippen LogP contribution in [0.5, 0.6) is 0 Å². The molecular weight excluding hydrogens is 363 g/mol. The summed E-state index contributed by atoms with van der Waals surface area (Å²) in [4.78, 5) is 30.7. The van der Waals surface area contributed by atoms with Crippen LogP contribution in [0.15, 0.2) is 24.3 Å². The van der Waals surface area contributed by atoms with Crippen molar-refractivity contribution in [3.05, 3.63) is 47.0 Å². The fraction of sp³-hybridized carbons (Fsp3) is 0.474. The van der Waals surface area contributed by atoms with Gasteiger partial charge in [-0.25, -0.2) is 9.18 Å². The van der Waals surface area contributed by atoms with Gasteiger partial charge in [0.05, 0.1) is 11.7 Å². The Hall–Kier alpha value is -2.97. The highest BCUT2D eigenvalue weighted by molar-refractivity contribution is 5.93. The minimum atomic E-state index is -0.331. The summed E-state index contributed by atoms with van der Waals surface area (Å²) < 4.78 is 13.9. The second-order valence-electron chi connectivity index (χ2n) is 7.72. The maximum absolute atomic E-state index is 13.9. The van der Waals surface area contributed by atoms with Gasteiger partial charge in [0.1, 0.15) is 5.82 Å². The summed E-state index contributed by atoms with van der Waals surface area (Å²) in [5.41, 5.74) is 1.64. The van der Waals surface area contributed by atoms with Gasteiger partial charge in [0.25, 0.3) is 5.91 Å². The van der Waals surface area contributed by atoms with E-state index in [4.69, 9.17) is 0 Å².